The Kier molecular flexibility index (Phi) is 6.28. The largest absolute Gasteiger partial charge is 0.379 e. The lowest BCUT2D eigenvalue weighted by Crippen LogP contribution is -2.38. The number of ether oxygens (including phenoxy) is 1. The summed E-state index contributed by atoms with van der Waals surface area (Å²) >= 11 is 8.24. The lowest BCUT2D eigenvalue weighted by Gasteiger charge is -2.27. The van der Waals surface area contributed by atoms with E-state index in [4.69, 9.17) is 21.4 Å². The Morgan fingerprint density at radius 3 is 2.81 bits per heavy atom. The van der Waals surface area contributed by atoms with E-state index in [9.17, 15) is 0 Å². The lowest BCUT2D eigenvalue weighted by atomic mass is 10.4. The summed E-state index contributed by atoms with van der Waals surface area (Å²) in [6.07, 6.45) is 1.17. The molecule has 0 N–H and O–H groups in total. The molecule has 3 heterocycles. The molecule has 2 aliphatic rings. The smallest absolute Gasteiger partial charge is 0.127 e. The number of rotatable bonds is 6. The van der Waals surface area contributed by atoms with Gasteiger partial charge in [0.2, 0.25) is 0 Å². The minimum absolute atomic E-state index is 0.563. The van der Waals surface area contributed by atoms with Crippen LogP contribution in [-0.2, 0) is 11.3 Å². The van der Waals surface area contributed by atoms with E-state index in [-0.39, 0.29) is 0 Å². The van der Waals surface area contributed by atoms with Crippen molar-refractivity contribution in [3.8, 4) is 0 Å². The van der Waals surface area contributed by atoms with Crippen LogP contribution in [0.15, 0.2) is 35.2 Å². The second kappa shape index (κ2) is 8.86. The summed E-state index contributed by atoms with van der Waals surface area (Å²) in [6, 6.07) is 10.4. The van der Waals surface area contributed by atoms with Crippen LogP contribution >= 0.6 is 23.4 Å². The van der Waals surface area contributed by atoms with E-state index in [0.29, 0.717) is 5.25 Å². The highest BCUT2D eigenvalue weighted by atomic mass is 35.5. The lowest BCUT2D eigenvalue weighted by molar-refractivity contribution is 0.0360. The number of nitrogens with zero attached hydrogens (tertiary/aromatic N) is 4. The van der Waals surface area contributed by atoms with Crippen LogP contribution in [0.25, 0.3) is 0 Å². The third-order valence-corrected chi connectivity index (χ3v) is 6.98. The zero-order chi connectivity index (χ0) is 18.6. The normalized spacial score (nSPS) is 21.1. The molecule has 4 rings (SSSR count). The van der Waals surface area contributed by atoms with Crippen molar-refractivity contribution in [2.45, 2.75) is 30.0 Å². The molecule has 0 amide bonds. The zero-order valence-electron chi connectivity index (χ0n) is 15.8. The summed E-state index contributed by atoms with van der Waals surface area (Å²) in [5, 5.41) is 6.17. The number of thioether (sulfide) groups is 1. The first kappa shape index (κ1) is 19.1. The molecule has 2 fully saturated rings. The standard InChI is InChI=1S/C20H27ClN4OS/c1-16-14-20(25(22-16)9-8-23-10-12-26-13-11-23)24-7-6-17(15-24)27-19-5-3-2-4-18(19)21/h2-5,14,17H,6-13,15H2,1H3. The minimum atomic E-state index is 0.563. The average molecular weight is 407 g/mol. The van der Waals surface area contributed by atoms with E-state index in [0.717, 1.165) is 63.2 Å². The Morgan fingerprint density at radius 1 is 1.19 bits per heavy atom. The minimum Gasteiger partial charge on any atom is -0.379 e. The Bertz CT molecular complexity index is 762. The molecular formula is C20H27ClN4OS. The molecule has 27 heavy (non-hydrogen) atoms. The molecule has 0 spiro atoms. The van der Waals surface area contributed by atoms with Gasteiger partial charge in [-0.15, -0.1) is 11.8 Å². The quantitative estimate of drug-likeness (QED) is 0.732. The molecule has 146 valence electrons. The molecule has 5 nitrogen and oxygen atoms in total. The van der Waals surface area contributed by atoms with Crippen LogP contribution in [0, 0.1) is 6.92 Å². The molecule has 0 aliphatic carbocycles. The fourth-order valence-corrected chi connectivity index (χ4v) is 5.21. The van der Waals surface area contributed by atoms with Gasteiger partial charge in [-0.2, -0.15) is 5.10 Å². The van der Waals surface area contributed by atoms with Crippen LogP contribution in [0.4, 0.5) is 5.82 Å². The zero-order valence-corrected chi connectivity index (χ0v) is 17.4. The first-order chi connectivity index (χ1) is 13.2. The van der Waals surface area contributed by atoms with Crippen molar-refractivity contribution in [1.29, 1.82) is 0 Å². The number of morpholine rings is 1. The second-order valence-corrected chi connectivity index (χ2v) is 8.98. The summed E-state index contributed by atoms with van der Waals surface area (Å²) in [5.41, 5.74) is 1.09. The van der Waals surface area contributed by atoms with Gasteiger partial charge >= 0.3 is 0 Å². The SMILES string of the molecule is Cc1cc(N2CCC(Sc3ccccc3Cl)C2)n(CCN2CCOCC2)n1. The van der Waals surface area contributed by atoms with E-state index in [2.05, 4.69) is 39.6 Å². The summed E-state index contributed by atoms with van der Waals surface area (Å²) in [4.78, 5) is 6.13. The van der Waals surface area contributed by atoms with Crippen molar-refractivity contribution in [3.63, 3.8) is 0 Å². The molecule has 1 aromatic carbocycles. The van der Waals surface area contributed by atoms with E-state index in [1.165, 1.54) is 17.1 Å². The summed E-state index contributed by atoms with van der Waals surface area (Å²) in [5.74, 6) is 1.25. The number of aryl methyl sites for hydroxylation is 1. The number of halogens is 1. The van der Waals surface area contributed by atoms with Gasteiger partial charge in [-0.25, -0.2) is 4.68 Å². The van der Waals surface area contributed by atoms with Crippen LogP contribution < -0.4 is 4.90 Å². The molecule has 1 aromatic heterocycles. The Labute approximate surface area is 170 Å². The van der Waals surface area contributed by atoms with Gasteiger partial charge in [0, 0.05) is 48.9 Å². The molecule has 2 aromatic rings. The maximum atomic E-state index is 6.34. The van der Waals surface area contributed by atoms with Gasteiger partial charge in [0.15, 0.2) is 0 Å². The van der Waals surface area contributed by atoms with Gasteiger partial charge in [-0.1, -0.05) is 23.7 Å². The van der Waals surface area contributed by atoms with Gasteiger partial charge in [0.05, 0.1) is 30.5 Å². The van der Waals surface area contributed by atoms with Crippen LogP contribution in [0.5, 0.6) is 0 Å². The van der Waals surface area contributed by atoms with E-state index < -0.39 is 0 Å². The molecular weight excluding hydrogens is 380 g/mol. The van der Waals surface area contributed by atoms with Crippen LogP contribution in [-0.4, -0.2) is 65.9 Å². The van der Waals surface area contributed by atoms with Crippen molar-refractivity contribution in [2.75, 3.05) is 50.8 Å². The third-order valence-electron chi connectivity index (χ3n) is 5.21. The van der Waals surface area contributed by atoms with Crippen LogP contribution in [0.2, 0.25) is 5.02 Å². The van der Waals surface area contributed by atoms with Gasteiger partial charge in [0.25, 0.3) is 0 Å². The monoisotopic (exact) mass is 406 g/mol. The maximum absolute atomic E-state index is 6.34. The Hall–Kier alpha value is -1.21. The molecule has 1 atom stereocenters. The third kappa shape index (κ3) is 4.80. The highest BCUT2D eigenvalue weighted by molar-refractivity contribution is 8.00. The second-order valence-electron chi connectivity index (χ2n) is 7.23. The molecule has 0 bridgehead atoms. The number of hydrogen-bond donors (Lipinski definition) is 0. The fraction of sp³-hybridized carbons (Fsp3) is 0.550. The van der Waals surface area contributed by atoms with Crippen molar-refractivity contribution in [2.24, 2.45) is 0 Å². The van der Waals surface area contributed by atoms with E-state index in [1.54, 1.807) is 0 Å². The van der Waals surface area contributed by atoms with Crippen molar-refractivity contribution < 1.29 is 4.74 Å². The van der Waals surface area contributed by atoms with Crippen LogP contribution in [0.1, 0.15) is 12.1 Å². The first-order valence-electron chi connectivity index (χ1n) is 9.70. The number of benzene rings is 1. The molecule has 0 radical (unpaired) electrons. The van der Waals surface area contributed by atoms with E-state index >= 15 is 0 Å². The van der Waals surface area contributed by atoms with Crippen molar-refractivity contribution in [1.82, 2.24) is 14.7 Å². The predicted octanol–water partition coefficient (Wildman–Crippen LogP) is 3.55. The summed E-state index contributed by atoms with van der Waals surface area (Å²) < 4.78 is 7.63. The molecule has 7 heteroatoms. The Morgan fingerprint density at radius 2 is 2.00 bits per heavy atom. The fourth-order valence-electron chi connectivity index (χ4n) is 3.76. The Balaban J connectivity index is 1.38. The topological polar surface area (TPSA) is 33.5 Å². The predicted molar refractivity (Wildman–Crippen MR) is 112 cm³/mol. The summed E-state index contributed by atoms with van der Waals surface area (Å²) in [6.45, 7) is 9.90. The average Bonchev–Trinajstić information content (AvgIpc) is 3.29. The number of anilines is 1. The van der Waals surface area contributed by atoms with Crippen molar-refractivity contribution >= 4 is 29.2 Å². The molecule has 2 saturated heterocycles. The van der Waals surface area contributed by atoms with Gasteiger partial charge in [-0.3, -0.25) is 4.90 Å². The highest BCUT2D eigenvalue weighted by Gasteiger charge is 2.26. The van der Waals surface area contributed by atoms with E-state index in [1.807, 2.05) is 23.9 Å². The van der Waals surface area contributed by atoms with Gasteiger partial charge < -0.3 is 9.64 Å². The van der Waals surface area contributed by atoms with Gasteiger partial charge in [0.1, 0.15) is 5.82 Å². The van der Waals surface area contributed by atoms with Crippen molar-refractivity contribution in [3.05, 3.63) is 41.0 Å². The molecule has 2 aliphatic heterocycles. The summed E-state index contributed by atoms with van der Waals surface area (Å²) in [7, 11) is 0. The number of hydrogen-bond acceptors (Lipinski definition) is 5. The maximum Gasteiger partial charge on any atom is 0.127 e. The highest BCUT2D eigenvalue weighted by Crippen LogP contribution is 2.35. The van der Waals surface area contributed by atoms with Crippen LogP contribution in [0.3, 0.4) is 0 Å². The molecule has 1 unspecified atom stereocenters. The van der Waals surface area contributed by atoms with Gasteiger partial charge in [-0.05, 0) is 25.5 Å². The molecule has 0 saturated carbocycles. The first-order valence-corrected chi connectivity index (χ1v) is 11.0. The number of aromatic nitrogens is 2.